The van der Waals surface area contributed by atoms with Crippen LogP contribution in [-0.2, 0) is 0 Å². The van der Waals surface area contributed by atoms with Gasteiger partial charge in [-0.15, -0.1) is 0 Å². The molecule has 22 heavy (non-hydrogen) atoms. The van der Waals surface area contributed by atoms with Gasteiger partial charge in [-0.2, -0.15) is 0 Å². The number of benzene rings is 2. The third-order valence-corrected chi connectivity index (χ3v) is 3.51. The highest BCUT2D eigenvalue weighted by atomic mass is 19.1. The normalized spacial score (nSPS) is 12.6. The van der Waals surface area contributed by atoms with Gasteiger partial charge in [0.25, 0.3) is 0 Å². The van der Waals surface area contributed by atoms with Gasteiger partial charge in [0.15, 0.2) is 11.5 Å². The van der Waals surface area contributed by atoms with E-state index in [9.17, 15) is 9.18 Å². The van der Waals surface area contributed by atoms with E-state index >= 15 is 0 Å². The van der Waals surface area contributed by atoms with Crippen LogP contribution < -0.4 is 15.2 Å². The van der Waals surface area contributed by atoms with Crippen LogP contribution in [0.1, 0.15) is 0 Å². The molecule has 0 bridgehead atoms. The maximum absolute atomic E-state index is 13.0. The quantitative estimate of drug-likeness (QED) is 0.791. The molecule has 0 saturated carbocycles. The average molecular weight is 298 g/mol. The van der Waals surface area contributed by atoms with E-state index in [0.29, 0.717) is 22.9 Å². The SMILES string of the molecule is O=c1[nH]c(-c2ccc3c(c2)OCO3)cn1-c1ccc(F)cc1. The van der Waals surface area contributed by atoms with E-state index in [1.54, 1.807) is 24.4 Å². The second kappa shape index (κ2) is 4.77. The lowest BCUT2D eigenvalue weighted by Crippen LogP contribution is -2.13. The van der Waals surface area contributed by atoms with Crippen molar-refractivity contribution < 1.29 is 13.9 Å². The predicted octanol–water partition coefficient (Wildman–Crippen LogP) is 2.70. The molecule has 0 fully saturated rings. The predicted molar refractivity (Wildman–Crippen MR) is 77.9 cm³/mol. The summed E-state index contributed by atoms with van der Waals surface area (Å²) in [5, 5.41) is 0. The Labute approximate surface area is 124 Å². The fraction of sp³-hybridized carbons (Fsp3) is 0.0625. The number of fused-ring (bicyclic) bond motifs is 1. The van der Waals surface area contributed by atoms with Crippen molar-refractivity contribution in [2.24, 2.45) is 0 Å². The van der Waals surface area contributed by atoms with Crippen LogP contribution in [-0.4, -0.2) is 16.3 Å². The van der Waals surface area contributed by atoms with E-state index in [1.807, 2.05) is 12.1 Å². The lowest BCUT2D eigenvalue weighted by molar-refractivity contribution is 0.174. The van der Waals surface area contributed by atoms with Crippen molar-refractivity contribution in [3.05, 3.63) is 65.0 Å². The molecule has 5 nitrogen and oxygen atoms in total. The number of hydrogen-bond donors (Lipinski definition) is 1. The Morgan fingerprint density at radius 1 is 1.05 bits per heavy atom. The van der Waals surface area contributed by atoms with Gasteiger partial charge in [-0.1, -0.05) is 0 Å². The fourth-order valence-corrected chi connectivity index (χ4v) is 2.40. The summed E-state index contributed by atoms with van der Waals surface area (Å²) in [7, 11) is 0. The molecular weight excluding hydrogens is 287 g/mol. The van der Waals surface area contributed by atoms with Crippen molar-refractivity contribution >= 4 is 0 Å². The van der Waals surface area contributed by atoms with E-state index in [-0.39, 0.29) is 18.3 Å². The number of ether oxygens (including phenoxy) is 2. The molecule has 1 aliphatic heterocycles. The zero-order chi connectivity index (χ0) is 15.1. The standard InChI is InChI=1S/C16H11FN2O3/c17-11-2-4-12(5-3-11)19-8-13(18-16(19)20)10-1-6-14-15(7-10)22-9-21-14/h1-8H,9H2,(H,18,20). The third kappa shape index (κ3) is 2.05. The zero-order valence-electron chi connectivity index (χ0n) is 11.4. The molecule has 6 heteroatoms. The molecule has 0 spiro atoms. The first-order valence-electron chi connectivity index (χ1n) is 6.68. The third-order valence-electron chi connectivity index (χ3n) is 3.51. The number of hydrogen-bond acceptors (Lipinski definition) is 3. The molecule has 1 aliphatic rings. The summed E-state index contributed by atoms with van der Waals surface area (Å²) >= 11 is 0. The topological polar surface area (TPSA) is 56.3 Å². The van der Waals surface area contributed by atoms with Gasteiger partial charge >= 0.3 is 5.69 Å². The number of H-pyrrole nitrogens is 1. The number of rotatable bonds is 2. The number of aromatic amines is 1. The van der Waals surface area contributed by atoms with Crippen molar-refractivity contribution in [3.8, 4) is 28.4 Å². The Hall–Kier alpha value is -3.02. The average Bonchev–Trinajstić information content (AvgIpc) is 3.13. The molecule has 2 heterocycles. The highest BCUT2D eigenvalue weighted by Crippen LogP contribution is 2.35. The first-order valence-corrected chi connectivity index (χ1v) is 6.68. The molecule has 0 saturated heterocycles. The summed E-state index contributed by atoms with van der Waals surface area (Å²) in [6.07, 6.45) is 1.67. The monoisotopic (exact) mass is 298 g/mol. The first kappa shape index (κ1) is 12.7. The summed E-state index contributed by atoms with van der Waals surface area (Å²) in [6.45, 7) is 0.200. The van der Waals surface area contributed by atoms with Crippen LogP contribution in [0, 0.1) is 5.82 Å². The molecule has 1 N–H and O–H groups in total. The van der Waals surface area contributed by atoms with E-state index < -0.39 is 0 Å². The molecule has 4 rings (SSSR count). The minimum absolute atomic E-state index is 0.200. The van der Waals surface area contributed by atoms with Gasteiger partial charge in [-0.05, 0) is 42.5 Å². The van der Waals surface area contributed by atoms with Gasteiger partial charge in [0.05, 0.1) is 11.4 Å². The smallest absolute Gasteiger partial charge is 0.330 e. The summed E-state index contributed by atoms with van der Waals surface area (Å²) in [5.41, 5.74) is 1.75. The summed E-state index contributed by atoms with van der Waals surface area (Å²) < 4.78 is 25.0. The number of halogens is 1. The number of nitrogens with one attached hydrogen (secondary N) is 1. The maximum Gasteiger partial charge on any atom is 0.330 e. The van der Waals surface area contributed by atoms with E-state index in [2.05, 4.69) is 4.98 Å². The van der Waals surface area contributed by atoms with Gasteiger partial charge in [0.1, 0.15) is 5.82 Å². The van der Waals surface area contributed by atoms with Gasteiger partial charge in [-0.25, -0.2) is 9.18 Å². The number of nitrogens with zero attached hydrogens (tertiary/aromatic N) is 1. The Morgan fingerprint density at radius 3 is 2.64 bits per heavy atom. The summed E-state index contributed by atoms with van der Waals surface area (Å²) in [5.74, 6) is 0.986. The zero-order valence-corrected chi connectivity index (χ0v) is 11.4. The largest absolute Gasteiger partial charge is 0.454 e. The summed E-state index contributed by atoms with van der Waals surface area (Å²) in [6, 6.07) is 11.2. The molecule has 0 amide bonds. The molecule has 0 atom stereocenters. The van der Waals surface area contributed by atoms with E-state index in [0.717, 1.165) is 5.56 Å². The Balaban J connectivity index is 1.77. The van der Waals surface area contributed by atoms with Crippen molar-refractivity contribution in [2.45, 2.75) is 0 Å². The second-order valence-corrected chi connectivity index (χ2v) is 4.89. The first-order chi connectivity index (χ1) is 10.7. The van der Waals surface area contributed by atoms with Gasteiger partial charge in [0, 0.05) is 11.8 Å². The number of imidazole rings is 1. The lowest BCUT2D eigenvalue weighted by atomic mass is 10.1. The summed E-state index contributed by atoms with van der Waals surface area (Å²) in [4.78, 5) is 14.9. The second-order valence-electron chi connectivity index (χ2n) is 4.89. The Bertz CT molecular complexity index is 896. The van der Waals surface area contributed by atoms with Crippen LogP contribution in [0.2, 0.25) is 0 Å². The molecule has 110 valence electrons. The van der Waals surface area contributed by atoms with Gasteiger partial charge in [-0.3, -0.25) is 4.57 Å². The van der Waals surface area contributed by atoms with E-state index in [1.165, 1.54) is 16.7 Å². The van der Waals surface area contributed by atoms with E-state index in [4.69, 9.17) is 9.47 Å². The minimum atomic E-state index is -0.344. The van der Waals surface area contributed by atoms with Crippen molar-refractivity contribution in [3.63, 3.8) is 0 Å². The van der Waals surface area contributed by atoms with Gasteiger partial charge in [0.2, 0.25) is 6.79 Å². The van der Waals surface area contributed by atoms with Crippen LogP contribution in [0.25, 0.3) is 16.9 Å². The van der Waals surface area contributed by atoms with Gasteiger partial charge < -0.3 is 14.5 Å². The van der Waals surface area contributed by atoms with Crippen molar-refractivity contribution in [1.29, 1.82) is 0 Å². The molecular formula is C16H11FN2O3. The Morgan fingerprint density at radius 2 is 1.82 bits per heavy atom. The maximum atomic E-state index is 13.0. The van der Waals surface area contributed by atoms with Crippen molar-refractivity contribution in [2.75, 3.05) is 6.79 Å². The molecule has 2 aromatic carbocycles. The van der Waals surface area contributed by atoms with Crippen LogP contribution in [0.4, 0.5) is 4.39 Å². The van der Waals surface area contributed by atoms with Crippen LogP contribution in [0.3, 0.4) is 0 Å². The van der Waals surface area contributed by atoms with Crippen LogP contribution in [0.15, 0.2) is 53.5 Å². The fourth-order valence-electron chi connectivity index (χ4n) is 2.40. The van der Waals surface area contributed by atoms with Crippen LogP contribution >= 0.6 is 0 Å². The molecule has 0 unspecified atom stereocenters. The lowest BCUT2D eigenvalue weighted by Gasteiger charge is -2.01. The minimum Gasteiger partial charge on any atom is -0.454 e. The molecule has 0 radical (unpaired) electrons. The molecule has 3 aromatic rings. The highest BCUT2D eigenvalue weighted by Gasteiger charge is 2.15. The molecule has 0 aliphatic carbocycles. The number of aromatic nitrogens is 2. The van der Waals surface area contributed by atoms with Crippen LogP contribution in [0.5, 0.6) is 11.5 Å². The molecule has 1 aromatic heterocycles. The Kier molecular flexibility index (Phi) is 2.75. The highest BCUT2D eigenvalue weighted by molar-refractivity contribution is 5.64. The van der Waals surface area contributed by atoms with Crippen molar-refractivity contribution in [1.82, 2.24) is 9.55 Å².